The van der Waals surface area contributed by atoms with Gasteiger partial charge in [0.15, 0.2) is 0 Å². The van der Waals surface area contributed by atoms with Gasteiger partial charge in [0.2, 0.25) is 0 Å². The van der Waals surface area contributed by atoms with Gasteiger partial charge >= 0.3 is 0 Å². The third kappa shape index (κ3) is 4.57. The van der Waals surface area contributed by atoms with Crippen LogP contribution in [0.15, 0.2) is 49.1 Å². The van der Waals surface area contributed by atoms with Gasteiger partial charge in [-0.05, 0) is 104 Å². The Hall–Kier alpha value is -2.11. The molecule has 0 heterocycles. The van der Waals surface area contributed by atoms with Crippen molar-refractivity contribution in [2.75, 3.05) is 0 Å². The first kappa shape index (κ1) is 20.2. The van der Waals surface area contributed by atoms with E-state index in [-0.39, 0.29) is 11.5 Å². The standard InChI is InChI=1S/C26H25ClF2/c1-2-17-3-7-20-14-21(9-8-19(20)13-17)22-15-25(28)24(26(29)16-22)12-6-18-4-10-23(27)11-5-18/h2,4-5,10-11,15-17,19-21H,1,3,7-9,13-14H2. The zero-order chi connectivity index (χ0) is 20.4. The first-order valence-electron chi connectivity index (χ1n) is 10.4. The Kier molecular flexibility index (Phi) is 6.07. The highest BCUT2D eigenvalue weighted by Gasteiger charge is 2.35. The van der Waals surface area contributed by atoms with Gasteiger partial charge in [0, 0.05) is 10.6 Å². The monoisotopic (exact) mass is 410 g/mol. The maximum atomic E-state index is 14.7. The van der Waals surface area contributed by atoms with Crippen molar-refractivity contribution in [3.8, 4) is 11.8 Å². The average Bonchev–Trinajstić information content (AvgIpc) is 2.73. The summed E-state index contributed by atoms with van der Waals surface area (Å²) in [5.74, 6) is 6.61. The van der Waals surface area contributed by atoms with Gasteiger partial charge in [-0.2, -0.15) is 0 Å². The molecule has 0 amide bonds. The van der Waals surface area contributed by atoms with Crippen molar-refractivity contribution in [3.05, 3.63) is 82.4 Å². The van der Waals surface area contributed by atoms with Crippen LogP contribution in [0.25, 0.3) is 0 Å². The van der Waals surface area contributed by atoms with E-state index in [2.05, 4.69) is 24.5 Å². The van der Waals surface area contributed by atoms with E-state index in [0.29, 0.717) is 22.4 Å². The van der Waals surface area contributed by atoms with Crippen LogP contribution < -0.4 is 0 Å². The summed E-state index contributed by atoms with van der Waals surface area (Å²) in [5, 5.41) is 0.602. The molecule has 0 saturated heterocycles. The minimum Gasteiger partial charge on any atom is -0.206 e. The lowest BCUT2D eigenvalue weighted by Gasteiger charge is -2.41. The summed E-state index contributed by atoms with van der Waals surface area (Å²) in [5.41, 5.74) is 1.29. The van der Waals surface area contributed by atoms with Crippen LogP contribution in [0.3, 0.4) is 0 Å². The van der Waals surface area contributed by atoms with Crippen LogP contribution in [-0.2, 0) is 0 Å². The van der Waals surface area contributed by atoms with Gasteiger partial charge in [0.25, 0.3) is 0 Å². The van der Waals surface area contributed by atoms with E-state index in [1.165, 1.54) is 31.4 Å². The minimum atomic E-state index is -0.570. The van der Waals surface area contributed by atoms with Gasteiger partial charge in [-0.15, -0.1) is 6.58 Å². The number of fused-ring (bicyclic) bond motifs is 1. The van der Waals surface area contributed by atoms with E-state index in [4.69, 9.17) is 11.6 Å². The number of allylic oxidation sites excluding steroid dienone is 1. The second kappa shape index (κ2) is 8.72. The number of halogens is 3. The summed E-state index contributed by atoms with van der Waals surface area (Å²) in [7, 11) is 0. The fourth-order valence-corrected chi connectivity index (χ4v) is 5.18. The molecule has 2 saturated carbocycles. The van der Waals surface area contributed by atoms with Crippen LogP contribution in [0.2, 0.25) is 5.02 Å². The van der Waals surface area contributed by atoms with Crippen LogP contribution in [0.1, 0.15) is 61.1 Å². The molecular weight excluding hydrogens is 386 g/mol. The molecule has 2 aliphatic carbocycles. The molecule has 3 heteroatoms. The van der Waals surface area contributed by atoms with Gasteiger partial charge in [-0.3, -0.25) is 0 Å². The third-order valence-electron chi connectivity index (χ3n) is 6.70. The number of hydrogen-bond donors (Lipinski definition) is 0. The highest BCUT2D eigenvalue weighted by Crippen LogP contribution is 2.48. The van der Waals surface area contributed by atoms with Crippen LogP contribution in [-0.4, -0.2) is 0 Å². The van der Waals surface area contributed by atoms with E-state index in [0.717, 1.165) is 30.7 Å². The number of benzene rings is 2. The zero-order valence-electron chi connectivity index (χ0n) is 16.4. The fraction of sp³-hybridized carbons (Fsp3) is 0.385. The van der Waals surface area contributed by atoms with Crippen molar-refractivity contribution >= 4 is 11.6 Å². The largest absolute Gasteiger partial charge is 0.206 e. The molecular formula is C26H25ClF2. The normalized spacial score (nSPS) is 26.2. The summed E-state index contributed by atoms with van der Waals surface area (Å²) < 4.78 is 29.4. The molecule has 0 aromatic heterocycles. The SMILES string of the molecule is C=CC1CCC2CC(c3cc(F)c(C#Cc4ccc(Cl)cc4)c(F)c3)CCC2C1. The topological polar surface area (TPSA) is 0 Å². The van der Waals surface area contributed by atoms with Crippen molar-refractivity contribution < 1.29 is 8.78 Å². The lowest BCUT2D eigenvalue weighted by molar-refractivity contribution is 0.133. The predicted molar refractivity (Wildman–Crippen MR) is 115 cm³/mol. The molecule has 0 aliphatic heterocycles. The van der Waals surface area contributed by atoms with E-state index in [9.17, 15) is 8.78 Å². The first-order chi connectivity index (χ1) is 14.0. The van der Waals surface area contributed by atoms with Crippen LogP contribution in [0, 0.1) is 41.2 Å². The molecule has 0 bridgehead atoms. The minimum absolute atomic E-state index is 0.163. The number of rotatable bonds is 2. The maximum absolute atomic E-state index is 14.7. The molecule has 150 valence electrons. The molecule has 4 atom stereocenters. The third-order valence-corrected chi connectivity index (χ3v) is 6.95. The Morgan fingerprint density at radius 3 is 2.24 bits per heavy atom. The molecule has 2 aliphatic rings. The van der Waals surface area contributed by atoms with Crippen LogP contribution >= 0.6 is 11.6 Å². The Morgan fingerprint density at radius 2 is 1.55 bits per heavy atom. The summed E-state index contributed by atoms with van der Waals surface area (Å²) in [4.78, 5) is 0. The molecule has 2 fully saturated rings. The summed E-state index contributed by atoms with van der Waals surface area (Å²) in [6.07, 6.45) is 8.89. The Morgan fingerprint density at radius 1 is 0.897 bits per heavy atom. The van der Waals surface area contributed by atoms with E-state index in [1.807, 2.05) is 0 Å². The molecule has 4 rings (SSSR count). The Labute approximate surface area is 177 Å². The fourth-order valence-electron chi connectivity index (χ4n) is 5.06. The highest BCUT2D eigenvalue weighted by molar-refractivity contribution is 6.30. The molecule has 0 spiro atoms. The van der Waals surface area contributed by atoms with Gasteiger partial charge < -0.3 is 0 Å². The summed E-state index contributed by atoms with van der Waals surface area (Å²) >= 11 is 5.86. The van der Waals surface area contributed by atoms with Crippen molar-refractivity contribution in [2.24, 2.45) is 17.8 Å². The van der Waals surface area contributed by atoms with Crippen LogP contribution in [0.5, 0.6) is 0 Å². The van der Waals surface area contributed by atoms with Gasteiger partial charge in [-0.25, -0.2) is 8.78 Å². The van der Waals surface area contributed by atoms with Crippen LogP contribution in [0.4, 0.5) is 8.78 Å². The molecule has 2 aromatic rings. The average molecular weight is 411 g/mol. The maximum Gasteiger partial charge on any atom is 0.142 e. The van der Waals surface area contributed by atoms with Gasteiger partial charge in [0.05, 0.1) is 5.56 Å². The quantitative estimate of drug-likeness (QED) is 0.355. The lowest BCUT2D eigenvalue weighted by atomic mass is 9.64. The summed E-state index contributed by atoms with van der Waals surface area (Å²) in [6.45, 7) is 3.95. The Balaban J connectivity index is 1.50. The van der Waals surface area contributed by atoms with Crippen molar-refractivity contribution in [1.82, 2.24) is 0 Å². The highest BCUT2D eigenvalue weighted by atomic mass is 35.5. The van der Waals surface area contributed by atoms with E-state index >= 15 is 0 Å². The lowest BCUT2D eigenvalue weighted by Crippen LogP contribution is -2.30. The second-order valence-corrected chi connectivity index (χ2v) is 8.89. The second-order valence-electron chi connectivity index (χ2n) is 8.46. The first-order valence-corrected chi connectivity index (χ1v) is 10.8. The van der Waals surface area contributed by atoms with Gasteiger partial charge in [0.1, 0.15) is 11.6 Å². The van der Waals surface area contributed by atoms with E-state index < -0.39 is 11.6 Å². The smallest absolute Gasteiger partial charge is 0.142 e. The summed E-state index contributed by atoms with van der Waals surface area (Å²) in [6, 6.07) is 9.88. The molecule has 4 unspecified atom stereocenters. The molecule has 29 heavy (non-hydrogen) atoms. The Bertz CT molecular complexity index is 928. The molecule has 0 N–H and O–H groups in total. The van der Waals surface area contributed by atoms with E-state index in [1.54, 1.807) is 24.3 Å². The molecule has 2 aromatic carbocycles. The molecule has 0 nitrogen and oxygen atoms in total. The van der Waals surface area contributed by atoms with Crippen molar-refractivity contribution in [2.45, 2.75) is 44.4 Å². The van der Waals surface area contributed by atoms with Crippen molar-refractivity contribution in [3.63, 3.8) is 0 Å². The van der Waals surface area contributed by atoms with Gasteiger partial charge in [-0.1, -0.05) is 29.5 Å². The number of hydrogen-bond acceptors (Lipinski definition) is 0. The molecule has 0 radical (unpaired) electrons. The zero-order valence-corrected chi connectivity index (χ0v) is 17.2. The van der Waals surface area contributed by atoms with Crippen molar-refractivity contribution in [1.29, 1.82) is 0 Å². The predicted octanol–water partition coefficient (Wildman–Crippen LogP) is 7.50.